The monoisotopic (exact) mass is 555 g/mol. The Morgan fingerprint density at radius 1 is 1.33 bits per heavy atom. The van der Waals surface area contributed by atoms with Gasteiger partial charge in [-0.25, -0.2) is 14.4 Å². The van der Waals surface area contributed by atoms with E-state index in [2.05, 4.69) is 20.6 Å². The Hall–Kier alpha value is -3.80. The summed E-state index contributed by atoms with van der Waals surface area (Å²) in [5.41, 5.74) is 1.58. The van der Waals surface area contributed by atoms with Crippen LogP contribution in [-0.4, -0.2) is 71.8 Å². The number of rotatable bonds is 8. The zero-order valence-electron chi connectivity index (χ0n) is 21.2. The number of anilines is 3. The summed E-state index contributed by atoms with van der Waals surface area (Å²) in [5, 5.41) is 6.55. The summed E-state index contributed by atoms with van der Waals surface area (Å²) >= 11 is 5.88. The molecule has 0 bridgehead atoms. The first kappa shape index (κ1) is 26.8. The van der Waals surface area contributed by atoms with Gasteiger partial charge in [-0.1, -0.05) is 17.7 Å². The quantitative estimate of drug-likeness (QED) is 0.313. The molecule has 0 spiro atoms. The Labute approximate surface area is 229 Å². The van der Waals surface area contributed by atoms with Crippen molar-refractivity contribution in [2.75, 3.05) is 43.5 Å². The second-order valence-electron chi connectivity index (χ2n) is 9.34. The SMILES string of the molecule is C[C@@H]1CN(CC=CC(=O)Nc2cc3cnc(Nc4ccc(F)c(Cl)c4)nc3cc2O[C@H]2CCOC2)CC(=O)O1. The van der Waals surface area contributed by atoms with Crippen LogP contribution < -0.4 is 15.4 Å². The number of benzene rings is 2. The number of carbonyl (C=O) groups is 2. The number of hydrogen-bond donors (Lipinski definition) is 2. The number of esters is 1. The first-order chi connectivity index (χ1) is 18.8. The average molecular weight is 556 g/mol. The number of hydrogen-bond acceptors (Lipinski definition) is 9. The Bertz CT molecular complexity index is 1410. The van der Waals surface area contributed by atoms with E-state index in [9.17, 15) is 14.0 Å². The lowest BCUT2D eigenvalue weighted by molar-refractivity contribution is -0.156. The number of nitrogens with one attached hydrogen (secondary N) is 2. The Morgan fingerprint density at radius 2 is 2.21 bits per heavy atom. The zero-order valence-corrected chi connectivity index (χ0v) is 21.9. The van der Waals surface area contributed by atoms with Crippen molar-refractivity contribution >= 4 is 51.7 Å². The topological polar surface area (TPSA) is 115 Å². The third-order valence-electron chi connectivity index (χ3n) is 6.13. The predicted octanol–water partition coefficient (Wildman–Crippen LogP) is 4.08. The van der Waals surface area contributed by atoms with Gasteiger partial charge in [0.15, 0.2) is 0 Å². The van der Waals surface area contributed by atoms with E-state index < -0.39 is 5.82 Å². The van der Waals surface area contributed by atoms with Gasteiger partial charge in [-0.15, -0.1) is 0 Å². The van der Waals surface area contributed by atoms with E-state index in [1.807, 2.05) is 11.8 Å². The molecule has 5 rings (SSSR count). The number of amides is 1. The van der Waals surface area contributed by atoms with Crippen molar-refractivity contribution in [3.63, 3.8) is 0 Å². The smallest absolute Gasteiger partial charge is 0.320 e. The zero-order chi connectivity index (χ0) is 27.4. The fraction of sp³-hybridized carbons (Fsp3) is 0.333. The number of aromatic nitrogens is 2. The summed E-state index contributed by atoms with van der Waals surface area (Å²) in [6.07, 6.45) is 5.13. The maximum atomic E-state index is 13.5. The molecule has 2 N–H and O–H groups in total. The normalized spacial score (nSPS) is 19.8. The van der Waals surface area contributed by atoms with Crippen LogP contribution in [0.1, 0.15) is 13.3 Å². The number of halogens is 2. The maximum Gasteiger partial charge on any atom is 0.320 e. The summed E-state index contributed by atoms with van der Waals surface area (Å²) in [7, 11) is 0. The Balaban J connectivity index is 1.33. The van der Waals surface area contributed by atoms with Gasteiger partial charge in [0.1, 0.15) is 23.8 Å². The van der Waals surface area contributed by atoms with Gasteiger partial charge >= 0.3 is 5.97 Å². The number of carbonyl (C=O) groups excluding carboxylic acids is 2. The molecular formula is C27H27ClFN5O5. The number of nitrogens with zero attached hydrogens (tertiary/aromatic N) is 3. The molecule has 12 heteroatoms. The Morgan fingerprint density at radius 3 is 2.97 bits per heavy atom. The summed E-state index contributed by atoms with van der Waals surface area (Å²) in [5.74, 6) is -0.406. The summed E-state index contributed by atoms with van der Waals surface area (Å²) in [6.45, 7) is 4.11. The third kappa shape index (κ3) is 6.99. The molecule has 0 radical (unpaired) electrons. The predicted molar refractivity (Wildman–Crippen MR) is 144 cm³/mol. The van der Waals surface area contributed by atoms with Gasteiger partial charge in [0.05, 0.1) is 36.0 Å². The molecule has 0 unspecified atom stereocenters. The fourth-order valence-electron chi connectivity index (χ4n) is 4.34. The average Bonchev–Trinajstić information content (AvgIpc) is 3.39. The fourth-order valence-corrected chi connectivity index (χ4v) is 4.52. The molecule has 2 aliphatic heterocycles. The first-order valence-corrected chi connectivity index (χ1v) is 12.9. The second kappa shape index (κ2) is 11.9. The highest BCUT2D eigenvalue weighted by Gasteiger charge is 2.23. The van der Waals surface area contributed by atoms with Crippen LogP contribution in [0.3, 0.4) is 0 Å². The molecule has 3 aromatic rings. The van der Waals surface area contributed by atoms with E-state index in [1.165, 1.54) is 24.3 Å². The molecule has 39 heavy (non-hydrogen) atoms. The second-order valence-corrected chi connectivity index (χ2v) is 9.75. The number of fused-ring (bicyclic) bond motifs is 1. The van der Waals surface area contributed by atoms with Crippen molar-refractivity contribution in [1.82, 2.24) is 14.9 Å². The van der Waals surface area contributed by atoms with E-state index >= 15 is 0 Å². The summed E-state index contributed by atoms with van der Waals surface area (Å²) in [6, 6.07) is 7.72. The van der Waals surface area contributed by atoms with Crippen LogP contribution in [0.4, 0.5) is 21.7 Å². The van der Waals surface area contributed by atoms with E-state index in [1.54, 1.807) is 24.4 Å². The van der Waals surface area contributed by atoms with Crippen LogP contribution >= 0.6 is 11.6 Å². The standard InChI is InChI=1S/C27H27ClFN5O5/c1-16-13-34(14-26(36)38-16)7-2-3-25(35)32-23-9-17-12-30-27(31-18-4-5-21(29)20(28)10-18)33-22(17)11-24(23)39-19-6-8-37-15-19/h2-5,9-12,16,19H,6-8,13-15H2,1H3,(H,32,35)(H,30,31,33)/t16-,19+/m1/s1. The van der Waals surface area contributed by atoms with Crippen molar-refractivity contribution in [3.8, 4) is 5.75 Å². The highest BCUT2D eigenvalue weighted by atomic mass is 35.5. The molecule has 2 saturated heterocycles. The first-order valence-electron chi connectivity index (χ1n) is 12.5. The highest BCUT2D eigenvalue weighted by molar-refractivity contribution is 6.31. The molecular weight excluding hydrogens is 529 g/mol. The minimum Gasteiger partial charge on any atom is -0.486 e. The minimum atomic E-state index is -0.519. The maximum absolute atomic E-state index is 13.5. The van der Waals surface area contributed by atoms with Gasteiger partial charge in [-0.2, -0.15) is 0 Å². The van der Waals surface area contributed by atoms with E-state index in [-0.39, 0.29) is 41.6 Å². The molecule has 0 aliphatic carbocycles. The van der Waals surface area contributed by atoms with Gasteiger partial charge in [-0.3, -0.25) is 14.5 Å². The molecule has 3 heterocycles. The highest BCUT2D eigenvalue weighted by Crippen LogP contribution is 2.32. The van der Waals surface area contributed by atoms with E-state index in [4.69, 9.17) is 25.8 Å². The van der Waals surface area contributed by atoms with E-state index in [0.29, 0.717) is 54.3 Å². The molecule has 2 atom stereocenters. The number of ether oxygens (including phenoxy) is 3. The van der Waals surface area contributed by atoms with Crippen LogP contribution in [-0.2, 0) is 19.1 Å². The van der Waals surface area contributed by atoms with Crippen LogP contribution in [0.25, 0.3) is 10.9 Å². The molecule has 1 aromatic heterocycles. The molecule has 10 nitrogen and oxygen atoms in total. The van der Waals surface area contributed by atoms with Crippen molar-refractivity contribution in [3.05, 3.63) is 59.5 Å². The van der Waals surface area contributed by atoms with Crippen molar-refractivity contribution in [2.24, 2.45) is 0 Å². The van der Waals surface area contributed by atoms with Gasteiger partial charge < -0.3 is 24.8 Å². The van der Waals surface area contributed by atoms with Crippen LogP contribution in [0.15, 0.2) is 48.7 Å². The summed E-state index contributed by atoms with van der Waals surface area (Å²) < 4.78 is 30.2. The number of morpholine rings is 1. The van der Waals surface area contributed by atoms with Crippen LogP contribution in [0.5, 0.6) is 5.75 Å². The van der Waals surface area contributed by atoms with Crippen molar-refractivity contribution < 1.29 is 28.2 Å². The largest absolute Gasteiger partial charge is 0.486 e. The van der Waals surface area contributed by atoms with Crippen molar-refractivity contribution in [2.45, 2.75) is 25.6 Å². The lowest BCUT2D eigenvalue weighted by Crippen LogP contribution is -2.44. The molecule has 1 amide bonds. The van der Waals surface area contributed by atoms with Crippen molar-refractivity contribution in [1.29, 1.82) is 0 Å². The minimum absolute atomic E-state index is 0.0160. The van der Waals surface area contributed by atoms with Gasteiger partial charge in [0.25, 0.3) is 0 Å². The number of cyclic esters (lactones) is 1. The molecule has 2 aliphatic rings. The molecule has 0 saturated carbocycles. The van der Waals surface area contributed by atoms with Crippen LogP contribution in [0.2, 0.25) is 5.02 Å². The molecule has 2 fully saturated rings. The van der Waals surface area contributed by atoms with E-state index in [0.717, 1.165) is 6.42 Å². The van der Waals surface area contributed by atoms with Gasteiger partial charge in [-0.05, 0) is 31.2 Å². The van der Waals surface area contributed by atoms with Gasteiger partial charge in [0.2, 0.25) is 11.9 Å². The molecule has 2 aromatic carbocycles. The lowest BCUT2D eigenvalue weighted by atomic mass is 10.2. The summed E-state index contributed by atoms with van der Waals surface area (Å²) in [4.78, 5) is 35.2. The third-order valence-corrected chi connectivity index (χ3v) is 6.42. The van der Waals surface area contributed by atoms with Crippen LogP contribution in [0, 0.1) is 5.82 Å². The Kier molecular flexibility index (Phi) is 8.20. The van der Waals surface area contributed by atoms with Gasteiger partial charge in [0, 0.05) is 48.9 Å². The molecule has 204 valence electrons. The lowest BCUT2D eigenvalue weighted by Gasteiger charge is -2.29.